The molecule has 2 aliphatic heterocycles. The van der Waals surface area contributed by atoms with Crippen LogP contribution in [0.5, 0.6) is 0 Å². The second-order valence-corrected chi connectivity index (χ2v) is 5.81. The summed E-state index contributed by atoms with van der Waals surface area (Å²) >= 11 is 0. The number of amides is 1. The van der Waals surface area contributed by atoms with Gasteiger partial charge in [-0.1, -0.05) is 6.07 Å². The number of carbonyl (C=O) groups is 1. The summed E-state index contributed by atoms with van der Waals surface area (Å²) in [7, 11) is 0. The van der Waals surface area contributed by atoms with Gasteiger partial charge in [0.05, 0.1) is 18.3 Å². The molecule has 0 bridgehead atoms. The minimum absolute atomic E-state index is 0.165. The van der Waals surface area contributed by atoms with Crippen LogP contribution in [0.3, 0.4) is 0 Å². The molecule has 1 atom stereocenters. The summed E-state index contributed by atoms with van der Waals surface area (Å²) in [6.45, 7) is 3.07. The van der Waals surface area contributed by atoms with Gasteiger partial charge >= 0.3 is 0 Å². The highest BCUT2D eigenvalue weighted by molar-refractivity contribution is 5.92. The Hall–Kier alpha value is -1.50. The molecule has 3 N–H and O–H groups in total. The van der Waals surface area contributed by atoms with Gasteiger partial charge in [-0.15, -0.1) is 0 Å². The van der Waals surface area contributed by atoms with Crippen molar-refractivity contribution in [3.63, 3.8) is 0 Å². The molecule has 2 heterocycles. The van der Waals surface area contributed by atoms with Crippen LogP contribution in [0.4, 0.5) is 10.1 Å². The number of hydrogen-bond acceptors (Lipinski definition) is 4. The van der Waals surface area contributed by atoms with Crippen LogP contribution in [0.2, 0.25) is 0 Å². The average Bonchev–Trinajstić information content (AvgIpc) is 3.04. The van der Waals surface area contributed by atoms with E-state index in [1.807, 2.05) is 6.07 Å². The Morgan fingerprint density at radius 2 is 2.36 bits per heavy atom. The molecule has 5 nitrogen and oxygen atoms in total. The summed E-state index contributed by atoms with van der Waals surface area (Å²) < 4.78 is 19.9. The van der Waals surface area contributed by atoms with Crippen LogP contribution in [0.25, 0.3) is 0 Å². The number of rotatable bonds is 5. The summed E-state index contributed by atoms with van der Waals surface area (Å²) in [5, 5.41) is 8.91. The molecule has 1 unspecified atom stereocenters. The molecule has 0 spiro atoms. The predicted octanol–water partition coefficient (Wildman–Crippen LogP) is 1.18. The fraction of sp³-hybridized carbons (Fsp3) is 0.562. The summed E-state index contributed by atoms with van der Waals surface area (Å²) in [5.74, 6) is -0.530. The monoisotopic (exact) mass is 307 g/mol. The molecule has 2 aliphatic rings. The second kappa shape index (κ2) is 7.17. The van der Waals surface area contributed by atoms with Crippen molar-refractivity contribution < 1.29 is 13.9 Å². The Morgan fingerprint density at radius 3 is 3.18 bits per heavy atom. The van der Waals surface area contributed by atoms with E-state index in [0.29, 0.717) is 25.1 Å². The number of anilines is 1. The fourth-order valence-electron chi connectivity index (χ4n) is 2.98. The van der Waals surface area contributed by atoms with E-state index in [9.17, 15) is 9.18 Å². The number of halogens is 1. The fourth-order valence-corrected chi connectivity index (χ4v) is 2.98. The lowest BCUT2D eigenvalue weighted by Crippen LogP contribution is -2.34. The van der Waals surface area contributed by atoms with E-state index in [1.165, 1.54) is 0 Å². The second-order valence-electron chi connectivity index (χ2n) is 5.81. The quantitative estimate of drug-likeness (QED) is 0.764. The zero-order valence-electron chi connectivity index (χ0n) is 12.6. The Balaban J connectivity index is 1.52. The van der Waals surface area contributed by atoms with Crippen molar-refractivity contribution in [2.45, 2.75) is 31.9 Å². The van der Waals surface area contributed by atoms with Gasteiger partial charge in [-0.25, -0.2) is 4.39 Å². The van der Waals surface area contributed by atoms with Crippen LogP contribution >= 0.6 is 0 Å². The van der Waals surface area contributed by atoms with E-state index in [-0.39, 0.29) is 30.1 Å². The normalized spacial score (nSPS) is 20.7. The molecule has 22 heavy (non-hydrogen) atoms. The Kier molecular flexibility index (Phi) is 5.02. The summed E-state index contributed by atoms with van der Waals surface area (Å²) in [4.78, 5) is 11.9. The highest BCUT2D eigenvalue weighted by Gasteiger charge is 2.18. The average molecular weight is 307 g/mol. The molecule has 0 saturated carbocycles. The Bertz CT molecular complexity index is 544. The van der Waals surface area contributed by atoms with Gasteiger partial charge in [0.1, 0.15) is 5.82 Å². The first kappa shape index (κ1) is 15.4. The molecular formula is C16H22FN3O2. The predicted molar refractivity (Wildman–Crippen MR) is 82.3 cm³/mol. The highest BCUT2D eigenvalue weighted by atomic mass is 19.1. The molecule has 1 fully saturated rings. The van der Waals surface area contributed by atoms with Crippen LogP contribution in [0, 0.1) is 5.82 Å². The van der Waals surface area contributed by atoms with Crippen LogP contribution < -0.4 is 16.0 Å². The van der Waals surface area contributed by atoms with E-state index in [1.54, 1.807) is 6.07 Å². The summed E-state index contributed by atoms with van der Waals surface area (Å²) in [6, 6.07) is 3.51. The van der Waals surface area contributed by atoms with Crippen molar-refractivity contribution in [2.24, 2.45) is 0 Å². The standard InChI is InChI=1S/C16H22FN3O2/c17-16-13-5-6-18-8-11(13)3-4-14(16)20-15(21)10-19-9-12-2-1-7-22-12/h3-4,12,18-19H,1-2,5-10H2,(H,20,21). The lowest BCUT2D eigenvalue weighted by molar-refractivity contribution is -0.115. The number of fused-ring (bicyclic) bond motifs is 1. The van der Waals surface area contributed by atoms with E-state index in [4.69, 9.17) is 4.74 Å². The van der Waals surface area contributed by atoms with Gasteiger partial charge < -0.3 is 20.7 Å². The molecule has 120 valence electrons. The van der Waals surface area contributed by atoms with E-state index < -0.39 is 0 Å². The summed E-state index contributed by atoms with van der Waals surface area (Å²) in [6.07, 6.45) is 2.96. The molecule has 1 amide bonds. The molecule has 0 aliphatic carbocycles. The molecule has 3 rings (SSSR count). The van der Waals surface area contributed by atoms with Crippen LogP contribution in [0.15, 0.2) is 12.1 Å². The van der Waals surface area contributed by atoms with Gasteiger partial charge in [0.2, 0.25) is 5.91 Å². The molecular weight excluding hydrogens is 285 g/mol. The number of benzene rings is 1. The lowest BCUT2D eigenvalue weighted by Gasteiger charge is -2.19. The van der Waals surface area contributed by atoms with E-state index in [2.05, 4.69) is 16.0 Å². The largest absolute Gasteiger partial charge is 0.377 e. The number of ether oxygens (including phenoxy) is 1. The van der Waals surface area contributed by atoms with Crippen LogP contribution in [0.1, 0.15) is 24.0 Å². The zero-order valence-corrected chi connectivity index (χ0v) is 12.6. The first-order chi connectivity index (χ1) is 10.7. The molecule has 6 heteroatoms. The van der Waals surface area contributed by atoms with Crippen LogP contribution in [-0.4, -0.2) is 38.3 Å². The highest BCUT2D eigenvalue weighted by Crippen LogP contribution is 2.24. The molecule has 1 aromatic carbocycles. The topological polar surface area (TPSA) is 62.4 Å². The third-order valence-electron chi connectivity index (χ3n) is 4.16. The van der Waals surface area contributed by atoms with Crippen molar-refractivity contribution in [3.8, 4) is 0 Å². The third-order valence-corrected chi connectivity index (χ3v) is 4.16. The maximum atomic E-state index is 14.4. The summed E-state index contributed by atoms with van der Waals surface area (Å²) in [5.41, 5.74) is 1.95. The zero-order chi connectivity index (χ0) is 15.4. The molecule has 0 aromatic heterocycles. The van der Waals surface area contributed by atoms with Gasteiger partial charge in [0.15, 0.2) is 0 Å². The van der Waals surface area contributed by atoms with Gasteiger partial charge in [-0.05, 0) is 43.0 Å². The van der Waals surface area contributed by atoms with Gasteiger partial charge in [-0.2, -0.15) is 0 Å². The van der Waals surface area contributed by atoms with Gasteiger partial charge in [0, 0.05) is 19.7 Å². The molecule has 1 aromatic rings. The SMILES string of the molecule is O=C(CNCC1CCCO1)Nc1ccc2c(c1F)CCNC2. The number of nitrogens with one attached hydrogen (secondary N) is 3. The Morgan fingerprint density at radius 1 is 1.45 bits per heavy atom. The van der Waals surface area contributed by atoms with Gasteiger partial charge in [0.25, 0.3) is 0 Å². The minimum Gasteiger partial charge on any atom is -0.377 e. The van der Waals surface area contributed by atoms with Crippen molar-refractivity contribution in [1.29, 1.82) is 0 Å². The van der Waals surface area contributed by atoms with Crippen molar-refractivity contribution >= 4 is 11.6 Å². The number of carbonyl (C=O) groups excluding carboxylic acids is 1. The lowest BCUT2D eigenvalue weighted by atomic mass is 9.99. The first-order valence-electron chi connectivity index (χ1n) is 7.87. The van der Waals surface area contributed by atoms with E-state index in [0.717, 1.165) is 31.6 Å². The first-order valence-corrected chi connectivity index (χ1v) is 7.87. The maximum absolute atomic E-state index is 14.4. The molecule has 0 radical (unpaired) electrons. The number of hydrogen-bond donors (Lipinski definition) is 3. The Labute approximate surface area is 129 Å². The smallest absolute Gasteiger partial charge is 0.238 e. The van der Waals surface area contributed by atoms with Crippen molar-refractivity contribution in [2.75, 3.05) is 31.6 Å². The molecule has 1 saturated heterocycles. The van der Waals surface area contributed by atoms with Crippen molar-refractivity contribution in [1.82, 2.24) is 10.6 Å². The minimum atomic E-state index is -0.300. The van der Waals surface area contributed by atoms with Crippen LogP contribution in [-0.2, 0) is 22.5 Å². The third kappa shape index (κ3) is 3.63. The van der Waals surface area contributed by atoms with Crippen molar-refractivity contribution in [3.05, 3.63) is 29.1 Å². The van der Waals surface area contributed by atoms with Gasteiger partial charge in [-0.3, -0.25) is 4.79 Å². The maximum Gasteiger partial charge on any atom is 0.238 e. The van der Waals surface area contributed by atoms with E-state index >= 15 is 0 Å².